The molecule has 14 heavy (non-hydrogen) atoms. The monoisotopic (exact) mass is 192 g/mol. The highest BCUT2D eigenvalue weighted by molar-refractivity contribution is 5.66. The smallest absolute Gasteiger partial charge is 0.0738 e. The molecule has 4 heteroatoms. The lowest BCUT2D eigenvalue weighted by Crippen LogP contribution is -2.49. The summed E-state index contributed by atoms with van der Waals surface area (Å²) >= 11 is 0. The van der Waals surface area contributed by atoms with Crippen molar-refractivity contribution in [3.05, 3.63) is 18.5 Å². The van der Waals surface area contributed by atoms with Crippen molar-refractivity contribution in [2.45, 2.75) is 13.0 Å². The SMILES string of the molecule is C[C@H]1CN(c2ccncc2N)CCN1. The van der Waals surface area contributed by atoms with Crippen molar-refractivity contribution in [1.29, 1.82) is 0 Å². The molecule has 0 aromatic carbocycles. The van der Waals surface area contributed by atoms with Crippen molar-refractivity contribution in [3.63, 3.8) is 0 Å². The highest BCUT2D eigenvalue weighted by Crippen LogP contribution is 2.22. The van der Waals surface area contributed by atoms with Crippen LogP contribution in [0.25, 0.3) is 0 Å². The number of anilines is 2. The van der Waals surface area contributed by atoms with Crippen molar-refractivity contribution in [2.24, 2.45) is 0 Å². The van der Waals surface area contributed by atoms with Crippen molar-refractivity contribution in [1.82, 2.24) is 10.3 Å². The quantitative estimate of drug-likeness (QED) is 0.679. The molecular formula is C10H16N4. The molecule has 1 atom stereocenters. The van der Waals surface area contributed by atoms with Gasteiger partial charge in [-0.15, -0.1) is 0 Å². The Bertz CT molecular complexity index is 313. The van der Waals surface area contributed by atoms with Crippen molar-refractivity contribution in [2.75, 3.05) is 30.3 Å². The lowest BCUT2D eigenvalue weighted by atomic mass is 10.2. The summed E-state index contributed by atoms with van der Waals surface area (Å²) in [5, 5.41) is 3.40. The second-order valence-corrected chi connectivity index (χ2v) is 3.74. The molecule has 1 fully saturated rings. The van der Waals surface area contributed by atoms with Gasteiger partial charge in [0.2, 0.25) is 0 Å². The number of nitrogens with two attached hydrogens (primary N) is 1. The maximum Gasteiger partial charge on any atom is 0.0738 e. The molecule has 1 aliphatic heterocycles. The minimum Gasteiger partial charge on any atom is -0.396 e. The fourth-order valence-electron chi connectivity index (χ4n) is 1.84. The van der Waals surface area contributed by atoms with Gasteiger partial charge in [0.15, 0.2) is 0 Å². The van der Waals surface area contributed by atoms with E-state index in [0.29, 0.717) is 6.04 Å². The number of piperazine rings is 1. The van der Waals surface area contributed by atoms with Crippen LogP contribution in [0, 0.1) is 0 Å². The average Bonchev–Trinajstić information content (AvgIpc) is 2.18. The Morgan fingerprint density at radius 1 is 1.64 bits per heavy atom. The number of hydrogen-bond acceptors (Lipinski definition) is 4. The third kappa shape index (κ3) is 1.80. The first kappa shape index (κ1) is 9.27. The van der Waals surface area contributed by atoms with E-state index in [4.69, 9.17) is 5.73 Å². The van der Waals surface area contributed by atoms with E-state index in [-0.39, 0.29) is 0 Å². The summed E-state index contributed by atoms with van der Waals surface area (Å²) in [6.45, 7) is 5.22. The zero-order valence-corrected chi connectivity index (χ0v) is 8.40. The fraction of sp³-hybridized carbons (Fsp3) is 0.500. The van der Waals surface area contributed by atoms with Gasteiger partial charge in [0.1, 0.15) is 0 Å². The third-order valence-corrected chi connectivity index (χ3v) is 2.54. The minimum absolute atomic E-state index is 0.524. The van der Waals surface area contributed by atoms with E-state index in [9.17, 15) is 0 Å². The summed E-state index contributed by atoms with van der Waals surface area (Å²) in [4.78, 5) is 6.30. The first-order valence-corrected chi connectivity index (χ1v) is 4.95. The summed E-state index contributed by atoms with van der Waals surface area (Å²) < 4.78 is 0. The zero-order valence-electron chi connectivity index (χ0n) is 8.40. The molecule has 1 aliphatic rings. The van der Waals surface area contributed by atoms with Crippen LogP contribution in [0.5, 0.6) is 0 Å². The second-order valence-electron chi connectivity index (χ2n) is 3.74. The number of nitrogens with zero attached hydrogens (tertiary/aromatic N) is 2. The van der Waals surface area contributed by atoms with Crippen molar-refractivity contribution in [3.8, 4) is 0 Å². The van der Waals surface area contributed by atoms with E-state index in [2.05, 4.69) is 22.1 Å². The molecule has 0 radical (unpaired) electrons. The van der Waals surface area contributed by atoms with Crippen LogP contribution >= 0.6 is 0 Å². The summed E-state index contributed by atoms with van der Waals surface area (Å²) in [5.74, 6) is 0. The van der Waals surface area contributed by atoms with Gasteiger partial charge in [-0.25, -0.2) is 0 Å². The zero-order chi connectivity index (χ0) is 9.97. The van der Waals surface area contributed by atoms with Crippen LogP contribution < -0.4 is 16.0 Å². The summed E-state index contributed by atoms with van der Waals surface area (Å²) in [6.07, 6.45) is 3.50. The molecule has 0 spiro atoms. The Morgan fingerprint density at radius 3 is 3.21 bits per heavy atom. The molecule has 1 saturated heterocycles. The van der Waals surface area contributed by atoms with Crippen LogP contribution in [0.4, 0.5) is 11.4 Å². The molecule has 0 saturated carbocycles. The Balaban J connectivity index is 2.18. The predicted octanol–water partition coefficient (Wildman–Crippen LogP) is 0.462. The number of pyridine rings is 1. The first-order valence-electron chi connectivity index (χ1n) is 4.95. The van der Waals surface area contributed by atoms with E-state index in [1.54, 1.807) is 12.4 Å². The molecule has 3 N–H and O–H groups in total. The highest BCUT2D eigenvalue weighted by atomic mass is 15.2. The average molecular weight is 192 g/mol. The maximum absolute atomic E-state index is 5.87. The van der Waals surface area contributed by atoms with Crippen LogP contribution in [-0.4, -0.2) is 30.7 Å². The molecule has 2 rings (SSSR count). The van der Waals surface area contributed by atoms with Gasteiger partial charge in [0.05, 0.1) is 17.6 Å². The Hall–Kier alpha value is -1.29. The van der Waals surface area contributed by atoms with Gasteiger partial charge < -0.3 is 16.0 Å². The van der Waals surface area contributed by atoms with E-state index >= 15 is 0 Å². The molecule has 4 nitrogen and oxygen atoms in total. The Kier molecular flexibility index (Phi) is 2.54. The van der Waals surface area contributed by atoms with E-state index < -0.39 is 0 Å². The van der Waals surface area contributed by atoms with Crippen LogP contribution in [0.2, 0.25) is 0 Å². The standard InChI is InChI=1S/C10H16N4/c1-8-7-14(5-4-13-8)10-2-3-12-6-9(10)11/h2-3,6,8,13H,4-5,7,11H2,1H3/t8-/m0/s1. The molecule has 1 aromatic rings. The number of aromatic nitrogens is 1. The minimum atomic E-state index is 0.524. The van der Waals surface area contributed by atoms with Gasteiger partial charge >= 0.3 is 0 Å². The lowest BCUT2D eigenvalue weighted by Gasteiger charge is -2.34. The predicted molar refractivity (Wildman–Crippen MR) is 58.3 cm³/mol. The van der Waals surface area contributed by atoms with Crippen molar-refractivity contribution >= 4 is 11.4 Å². The molecule has 0 bridgehead atoms. The van der Waals surface area contributed by atoms with Gasteiger partial charge in [-0.2, -0.15) is 0 Å². The summed E-state index contributed by atoms with van der Waals surface area (Å²) in [5.41, 5.74) is 7.74. The number of nitrogens with one attached hydrogen (secondary N) is 1. The lowest BCUT2D eigenvalue weighted by molar-refractivity contribution is 0.485. The van der Waals surface area contributed by atoms with Crippen LogP contribution in [0.1, 0.15) is 6.92 Å². The first-order chi connectivity index (χ1) is 6.77. The Labute approximate surface area is 84.1 Å². The van der Waals surface area contributed by atoms with Gasteiger partial charge in [-0.3, -0.25) is 4.98 Å². The molecule has 1 aromatic heterocycles. The number of rotatable bonds is 1. The summed E-state index contributed by atoms with van der Waals surface area (Å²) in [7, 11) is 0. The molecule has 0 unspecified atom stereocenters. The number of nitrogen functional groups attached to an aromatic ring is 1. The van der Waals surface area contributed by atoms with Gasteiger partial charge in [0.25, 0.3) is 0 Å². The van der Waals surface area contributed by atoms with Gasteiger partial charge in [0, 0.05) is 31.9 Å². The normalized spacial score (nSPS) is 22.4. The highest BCUT2D eigenvalue weighted by Gasteiger charge is 2.17. The topological polar surface area (TPSA) is 54.2 Å². The van der Waals surface area contributed by atoms with E-state index in [1.807, 2.05) is 6.07 Å². The molecule has 0 aliphatic carbocycles. The van der Waals surface area contributed by atoms with Crippen molar-refractivity contribution < 1.29 is 0 Å². The Morgan fingerprint density at radius 2 is 2.50 bits per heavy atom. The van der Waals surface area contributed by atoms with Crippen LogP contribution in [0.3, 0.4) is 0 Å². The molecule has 76 valence electrons. The fourth-order valence-corrected chi connectivity index (χ4v) is 1.84. The molecule has 0 amide bonds. The van der Waals surface area contributed by atoms with E-state index in [0.717, 1.165) is 31.0 Å². The van der Waals surface area contributed by atoms with Gasteiger partial charge in [-0.1, -0.05) is 0 Å². The van der Waals surface area contributed by atoms with Crippen LogP contribution in [-0.2, 0) is 0 Å². The van der Waals surface area contributed by atoms with Gasteiger partial charge in [-0.05, 0) is 13.0 Å². The third-order valence-electron chi connectivity index (χ3n) is 2.54. The number of hydrogen-bond donors (Lipinski definition) is 2. The second kappa shape index (κ2) is 3.84. The summed E-state index contributed by atoms with van der Waals surface area (Å²) in [6, 6.07) is 2.50. The van der Waals surface area contributed by atoms with Crippen LogP contribution in [0.15, 0.2) is 18.5 Å². The maximum atomic E-state index is 5.87. The largest absolute Gasteiger partial charge is 0.396 e. The molecular weight excluding hydrogens is 176 g/mol. The van der Waals surface area contributed by atoms with E-state index in [1.165, 1.54) is 0 Å². The molecule has 2 heterocycles.